The van der Waals surface area contributed by atoms with E-state index in [2.05, 4.69) is 10.6 Å². The van der Waals surface area contributed by atoms with E-state index in [1.54, 1.807) is 11.9 Å². The van der Waals surface area contributed by atoms with Gasteiger partial charge in [0.25, 0.3) is 0 Å². The molecule has 0 aliphatic rings. The zero-order chi connectivity index (χ0) is 15.0. The van der Waals surface area contributed by atoms with Crippen LogP contribution in [0.1, 0.15) is 4.88 Å². The Morgan fingerprint density at radius 3 is 2.80 bits per heavy atom. The topological polar surface area (TPSA) is 70.7 Å². The number of rotatable bonds is 7. The molecule has 0 radical (unpaired) electrons. The summed E-state index contributed by atoms with van der Waals surface area (Å²) in [5.41, 5.74) is 0. The van der Waals surface area contributed by atoms with Gasteiger partial charge in [-0.25, -0.2) is 4.79 Å². The summed E-state index contributed by atoms with van der Waals surface area (Å²) >= 11 is 7.31. The zero-order valence-electron chi connectivity index (χ0n) is 11.4. The third-order valence-electron chi connectivity index (χ3n) is 2.31. The van der Waals surface area contributed by atoms with Crippen LogP contribution in [0.5, 0.6) is 0 Å². The minimum Gasteiger partial charge on any atom is -0.383 e. The first-order chi connectivity index (χ1) is 9.51. The average molecular weight is 320 g/mol. The highest BCUT2D eigenvalue weighted by Gasteiger charge is 2.11. The molecular weight excluding hydrogens is 302 g/mol. The van der Waals surface area contributed by atoms with Crippen molar-refractivity contribution in [1.82, 2.24) is 15.5 Å². The van der Waals surface area contributed by atoms with Crippen molar-refractivity contribution in [3.05, 3.63) is 21.3 Å². The summed E-state index contributed by atoms with van der Waals surface area (Å²) in [4.78, 5) is 25.8. The van der Waals surface area contributed by atoms with Crippen molar-refractivity contribution >= 4 is 34.9 Å². The molecule has 0 atom stereocenters. The molecule has 0 saturated carbocycles. The van der Waals surface area contributed by atoms with E-state index in [1.807, 2.05) is 12.1 Å². The lowest BCUT2D eigenvalue weighted by Crippen LogP contribution is -2.44. The molecule has 8 heteroatoms. The number of urea groups is 1. The molecule has 1 rings (SSSR count). The molecule has 1 heterocycles. The molecule has 0 aliphatic carbocycles. The van der Waals surface area contributed by atoms with Crippen LogP contribution in [-0.2, 0) is 16.1 Å². The van der Waals surface area contributed by atoms with Crippen LogP contribution in [0.25, 0.3) is 0 Å². The number of ether oxygens (including phenoxy) is 1. The molecule has 20 heavy (non-hydrogen) atoms. The van der Waals surface area contributed by atoms with Crippen LogP contribution in [0.15, 0.2) is 12.1 Å². The number of thiophene rings is 1. The standard InChI is InChI=1S/C12H18ClN3O3S/c1-16(7-9-3-4-10(13)20-9)8-11(17)15-12(18)14-5-6-19-2/h3-4H,5-8H2,1-2H3,(H2,14,15,17,18). The molecule has 0 unspecified atom stereocenters. The van der Waals surface area contributed by atoms with E-state index in [9.17, 15) is 9.59 Å². The summed E-state index contributed by atoms with van der Waals surface area (Å²) in [5, 5.41) is 4.76. The van der Waals surface area contributed by atoms with Crippen LogP contribution in [0.2, 0.25) is 4.34 Å². The minimum absolute atomic E-state index is 0.132. The van der Waals surface area contributed by atoms with Gasteiger partial charge >= 0.3 is 6.03 Å². The number of nitrogens with one attached hydrogen (secondary N) is 2. The number of methoxy groups -OCH3 is 1. The molecule has 0 aliphatic heterocycles. The van der Waals surface area contributed by atoms with Crippen molar-refractivity contribution in [3.8, 4) is 0 Å². The van der Waals surface area contributed by atoms with E-state index in [0.717, 1.165) is 9.21 Å². The van der Waals surface area contributed by atoms with Crippen LogP contribution in [0, 0.1) is 0 Å². The predicted octanol–water partition coefficient (Wildman–Crippen LogP) is 1.31. The second-order valence-electron chi connectivity index (χ2n) is 4.17. The maximum atomic E-state index is 11.6. The van der Waals surface area contributed by atoms with Gasteiger partial charge in [0.15, 0.2) is 0 Å². The fourth-order valence-electron chi connectivity index (χ4n) is 1.48. The summed E-state index contributed by atoms with van der Waals surface area (Å²) in [7, 11) is 3.34. The van der Waals surface area contributed by atoms with Gasteiger partial charge in [-0.2, -0.15) is 0 Å². The molecule has 0 bridgehead atoms. The molecule has 1 aromatic heterocycles. The maximum absolute atomic E-state index is 11.6. The van der Waals surface area contributed by atoms with Crippen molar-refractivity contribution < 1.29 is 14.3 Å². The van der Waals surface area contributed by atoms with E-state index in [-0.39, 0.29) is 12.5 Å². The first-order valence-corrected chi connectivity index (χ1v) is 7.20. The Balaban J connectivity index is 2.25. The van der Waals surface area contributed by atoms with Gasteiger partial charge < -0.3 is 10.1 Å². The van der Waals surface area contributed by atoms with Crippen molar-refractivity contribution in [1.29, 1.82) is 0 Å². The van der Waals surface area contributed by atoms with Crippen molar-refractivity contribution in [3.63, 3.8) is 0 Å². The van der Waals surface area contributed by atoms with E-state index in [4.69, 9.17) is 16.3 Å². The van der Waals surface area contributed by atoms with Crippen molar-refractivity contribution in [2.45, 2.75) is 6.54 Å². The first-order valence-electron chi connectivity index (χ1n) is 6.00. The highest BCUT2D eigenvalue weighted by molar-refractivity contribution is 7.16. The van der Waals surface area contributed by atoms with Gasteiger partial charge in [0.2, 0.25) is 5.91 Å². The van der Waals surface area contributed by atoms with E-state index in [1.165, 1.54) is 18.4 Å². The number of imide groups is 1. The molecular formula is C12H18ClN3O3S. The Labute approximate surface area is 127 Å². The van der Waals surface area contributed by atoms with Crippen molar-refractivity contribution in [2.75, 3.05) is 33.9 Å². The molecule has 0 aromatic carbocycles. The zero-order valence-corrected chi connectivity index (χ0v) is 13.0. The lowest BCUT2D eigenvalue weighted by molar-refractivity contribution is -0.120. The summed E-state index contributed by atoms with van der Waals surface area (Å²) in [6.07, 6.45) is 0. The largest absolute Gasteiger partial charge is 0.383 e. The summed E-state index contributed by atoms with van der Waals surface area (Å²) in [6.45, 7) is 1.50. The number of nitrogens with zero attached hydrogens (tertiary/aromatic N) is 1. The van der Waals surface area contributed by atoms with Gasteiger partial charge in [-0.05, 0) is 19.2 Å². The van der Waals surface area contributed by atoms with E-state index < -0.39 is 6.03 Å². The summed E-state index contributed by atoms with van der Waals surface area (Å²) in [6, 6.07) is 3.22. The molecule has 2 N–H and O–H groups in total. The average Bonchev–Trinajstić information content (AvgIpc) is 2.74. The van der Waals surface area contributed by atoms with Gasteiger partial charge in [0.05, 0.1) is 17.5 Å². The summed E-state index contributed by atoms with van der Waals surface area (Å²) in [5.74, 6) is -0.356. The lowest BCUT2D eigenvalue weighted by Gasteiger charge is -2.15. The maximum Gasteiger partial charge on any atom is 0.321 e. The highest BCUT2D eigenvalue weighted by atomic mass is 35.5. The highest BCUT2D eigenvalue weighted by Crippen LogP contribution is 2.22. The number of carbonyl (C=O) groups excluding carboxylic acids is 2. The van der Waals surface area contributed by atoms with Crippen LogP contribution >= 0.6 is 22.9 Å². The number of amides is 3. The Bertz CT molecular complexity index is 453. The second-order valence-corrected chi connectivity index (χ2v) is 5.97. The third-order valence-corrected chi connectivity index (χ3v) is 3.53. The number of hydrogen-bond acceptors (Lipinski definition) is 5. The SMILES string of the molecule is COCCNC(=O)NC(=O)CN(C)Cc1ccc(Cl)s1. The van der Waals surface area contributed by atoms with Gasteiger partial charge in [-0.15, -0.1) is 11.3 Å². The molecule has 112 valence electrons. The quantitative estimate of drug-likeness (QED) is 0.743. The first kappa shape index (κ1) is 16.9. The number of hydrogen-bond donors (Lipinski definition) is 2. The molecule has 0 spiro atoms. The van der Waals surface area contributed by atoms with Crippen LogP contribution in [0.3, 0.4) is 0 Å². The van der Waals surface area contributed by atoms with Crippen molar-refractivity contribution in [2.24, 2.45) is 0 Å². The Hall–Kier alpha value is -1.15. The number of likely N-dealkylation sites (N-methyl/N-ethyl adjacent to an activating group) is 1. The fraction of sp³-hybridized carbons (Fsp3) is 0.500. The van der Waals surface area contributed by atoms with Crippen LogP contribution in [0.4, 0.5) is 4.79 Å². The van der Waals surface area contributed by atoms with Crippen LogP contribution < -0.4 is 10.6 Å². The molecule has 0 fully saturated rings. The molecule has 1 aromatic rings. The lowest BCUT2D eigenvalue weighted by atomic mass is 10.4. The molecule has 3 amide bonds. The normalized spacial score (nSPS) is 10.6. The van der Waals surface area contributed by atoms with Gasteiger partial charge in [-0.3, -0.25) is 15.0 Å². The van der Waals surface area contributed by atoms with Gasteiger partial charge in [-0.1, -0.05) is 11.6 Å². The fourth-order valence-corrected chi connectivity index (χ4v) is 2.65. The molecule has 6 nitrogen and oxygen atoms in total. The predicted molar refractivity (Wildman–Crippen MR) is 79.1 cm³/mol. The Morgan fingerprint density at radius 2 is 2.20 bits per heavy atom. The second kappa shape index (κ2) is 8.91. The van der Waals surface area contributed by atoms with Gasteiger partial charge in [0.1, 0.15) is 0 Å². The number of halogens is 1. The Morgan fingerprint density at radius 1 is 1.45 bits per heavy atom. The summed E-state index contributed by atoms with van der Waals surface area (Å²) < 4.78 is 5.50. The smallest absolute Gasteiger partial charge is 0.321 e. The number of carbonyl (C=O) groups is 2. The third kappa shape index (κ3) is 6.85. The van der Waals surface area contributed by atoms with E-state index >= 15 is 0 Å². The van der Waals surface area contributed by atoms with Gasteiger partial charge in [0, 0.05) is 25.1 Å². The van der Waals surface area contributed by atoms with E-state index in [0.29, 0.717) is 19.7 Å². The Kier molecular flexibility index (Phi) is 7.53. The molecule has 0 saturated heterocycles. The monoisotopic (exact) mass is 319 g/mol. The van der Waals surface area contributed by atoms with Crippen LogP contribution in [-0.4, -0.2) is 50.7 Å². The minimum atomic E-state index is -0.514.